The molecule has 0 amide bonds. The van der Waals surface area contributed by atoms with Gasteiger partial charge in [0.1, 0.15) is 13.3 Å². The lowest BCUT2D eigenvalue weighted by Gasteiger charge is -2.30. The van der Waals surface area contributed by atoms with Crippen molar-refractivity contribution in [1.82, 2.24) is 0 Å². The van der Waals surface area contributed by atoms with Crippen molar-refractivity contribution in [2.75, 3.05) is 7.05 Å². The Morgan fingerprint density at radius 2 is 2.10 bits per heavy atom. The molecule has 1 aliphatic heterocycles. The van der Waals surface area contributed by atoms with E-state index >= 15 is 0 Å². The summed E-state index contributed by atoms with van der Waals surface area (Å²) in [4.78, 5) is 0. The molecule has 1 atom stereocenters. The fraction of sp³-hybridized carbons (Fsp3) is 0.889. The largest absolute Gasteiger partial charge is 0.237 e. The Hall–Kier alpha value is -0.330. The Bertz CT molecular complexity index is 156. The van der Waals surface area contributed by atoms with Crippen molar-refractivity contribution >= 4 is 6.21 Å². The maximum atomic E-state index is 2.35. The molecule has 1 nitrogen and oxygen atoms in total. The van der Waals surface area contributed by atoms with Crippen LogP contribution in [0.2, 0.25) is 0 Å². The van der Waals surface area contributed by atoms with Crippen molar-refractivity contribution in [1.29, 1.82) is 0 Å². The molecule has 0 saturated heterocycles. The maximum Gasteiger partial charge on any atom is 0.158 e. The summed E-state index contributed by atoms with van der Waals surface area (Å²) in [5, 5.41) is 0. The number of hydrogen-bond donors (Lipinski definition) is 0. The fourth-order valence-electron chi connectivity index (χ4n) is 1.45. The molecule has 0 aromatic carbocycles. The Balaban J connectivity index is 2.84. The Labute approximate surface area is 63.8 Å². The molecule has 1 heterocycles. The third-order valence-electron chi connectivity index (χ3n) is 3.12. The Morgan fingerprint density at radius 3 is 2.50 bits per heavy atom. The second-order valence-corrected chi connectivity index (χ2v) is 3.93. The van der Waals surface area contributed by atoms with Gasteiger partial charge >= 0.3 is 0 Å². The normalized spacial score (nSPS) is 31.6. The summed E-state index contributed by atoms with van der Waals surface area (Å²) < 4.78 is 2.35. The van der Waals surface area contributed by atoms with E-state index < -0.39 is 0 Å². The van der Waals surface area contributed by atoms with Crippen molar-refractivity contribution < 1.29 is 4.58 Å². The first-order chi connectivity index (χ1) is 4.55. The average Bonchev–Trinajstić information content (AvgIpc) is 1.84. The highest BCUT2D eigenvalue weighted by atomic mass is 15.1. The van der Waals surface area contributed by atoms with E-state index in [1.165, 1.54) is 12.8 Å². The van der Waals surface area contributed by atoms with Crippen LogP contribution in [0, 0.1) is 5.92 Å². The van der Waals surface area contributed by atoms with Crippen molar-refractivity contribution in [3.63, 3.8) is 0 Å². The van der Waals surface area contributed by atoms with Gasteiger partial charge in [-0.15, -0.1) is 0 Å². The molecule has 1 rings (SSSR count). The van der Waals surface area contributed by atoms with Gasteiger partial charge < -0.3 is 0 Å². The monoisotopic (exact) mass is 140 g/mol. The van der Waals surface area contributed by atoms with Crippen molar-refractivity contribution in [2.24, 2.45) is 5.92 Å². The standard InChI is InChI=1S/C9H18N/c1-8-6-5-7-10(4)9(8,2)3/h7-8H,5-6H2,1-4H3/q+1. The van der Waals surface area contributed by atoms with Gasteiger partial charge in [-0.1, -0.05) is 6.92 Å². The van der Waals surface area contributed by atoms with E-state index in [1.807, 2.05) is 0 Å². The lowest BCUT2D eigenvalue weighted by atomic mass is 9.83. The van der Waals surface area contributed by atoms with E-state index in [4.69, 9.17) is 0 Å². The minimum absolute atomic E-state index is 0.373. The minimum Gasteiger partial charge on any atom is -0.237 e. The molecule has 1 aliphatic rings. The zero-order valence-corrected chi connectivity index (χ0v) is 7.52. The Morgan fingerprint density at radius 1 is 1.50 bits per heavy atom. The van der Waals surface area contributed by atoms with E-state index in [-0.39, 0.29) is 0 Å². The lowest BCUT2D eigenvalue weighted by Crippen LogP contribution is -2.43. The molecule has 0 aliphatic carbocycles. The third kappa shape index (κ3) is 1.09. The fourth-order valence-corrected chi connectivity index (χ4v) is 1.45. The maximum absolute atomic E-state index is 2.35. The van der Waals surface area contributed by atoms with Crippen LogP contribution in [-0.4, -0.2) is 23.4 Å². The summed E-state index contributed by atoms with van der Waals surface area (Å²) in [5.41, 5.74) is 0.373. The number of hydrogen-bond acceptors (Lipinski definition) is 0. The van der Waals surface area contributed by atoms with Gasteiger partial charge in [-0.3, -0.25) is 0 Å². The molecule has 0 radical (unpaired) electrons. The van der Waals surface area contributed by atoms with Crippen LogP contribution in [0.25, 0.3) is 0 Å². The highest BCUT2D eigenvalue weighted by Gasteiger charge is 2.36. The summed E-state index contributed by atoms with van der Waals surface area (Å²) >= 11 is 0. The summed E-state index contributed by atoms with van der Waals surface area (Å²) in [7, 11) is 2.18. The molecule has 1 unspecified atom stereocenters. The van der Waals surface area contributed by atoms with Gasteiger partial charge in [0.2, 0.25) is 0 Å². The molecule has 0 fully saturated rings. The van der Waals surface area contributed by atoms with Crippen LogP contribution in [0.5, 0.6) is 0 Å². The van der Waals surface area contributed by atoms with E-state index in [9.17, 15) is 0 Å². The first-order valence-electron chi connectivity index (χ1n) is 4.11. The number of nitrogens with zero attached hydrogens (tertiary/aromatic N) is 1. The van der Waals surface area contributed by atoms with Gasteiger partial charge in [-0.25, -0.2) is 4.58 Å². The summed E-state index contributed by atoms with van der Waals surface area (Å²) in [5.74, 6) is 0.822. The molecule has 0 N–H and O–H groups in total. The van der Waals surface area contributed by atoms with Gasteiger partial charge in [0, 0.05) is 26.2 Å². The van der Waals surface area contributed by atoms with Crippen LogP contribution in [0.1, 0.15) is 33.6 Å². The van der Waals surface area contributed by atoms with Crippen molar-refractivity contribution in [3.8, 4) is 0 Å². The molecular weight excluding hydrogens is 122 g/mol. The molecule has 0 saturated carbocycles. The van der Waals surface area contributed by atoms with E-state index in [0.717, 1.165) is 5.92 Å². The quantitative estimate of drug-likeness (QED) is 0.452. The van der Waals surface area contributed by atoms with Gasteiger partial charge in [0.15, 0.2) is 5.54 Å². The summed E-state index contributed by atoms with van der Waals surface area (Å²) in [6, 6.07) is 0. The second-order valence-electron chi connectivity index (χ2n) is 3.93. The van der Waals surface area contributed by atoms with Gasteiger partial charge in [0.05, 0.1) is 0 Å². The van der Waals surface area contributed by atoms with Crippen LogP contribution in [0.4, 0.5) is 0 Å². The van der Waals surface area contributed by atoms with Crippen molar-refractivity contribution in [3.05, 3.63) is 0 Å². The summed E-state index contributed by atoms with van der Waals surface area (Å²) in [6.07, 6.45) is 4.90. The van der Waals surface area contributed by atoms with Crippen LogP contribution in [0.3, 0.4) is 0 Å². The minimum atomic E-state index is 0.373. The topological polar surface area (TPSA) is 3.01 Å². The van der Waals surface area contributed by atoms with Crippen LogP contribution in [0.15, 0.2) is 0 Å². The van der Waals surface area contributed by atoms with Crippen LogP contribution >= 0.6 is 0 Å². The predicted molar refractivity (Wildman–Crippen MR) is 44.7 cm³/mol. The predicted octanol–water partition coefficient (Wildman–Crippen LogP) is 1.91. The van der Waals surface area contributed by atoms with E-state index in [1.54, 1.807) is 0 Å². The van der Waals surface area contributed by atoms with Gasteiger partial charge in [0.25, 0.3) is 0 Å². The zero-order valence-electron chi connectivity index (χ0n) is 7.52. The summed E-state index contributed by atoms with van der Waals surface area (Å²) in [6.45, 7) is 6.96. The first kappa shape index (κ1) is 7.77. The van der Waals surface area contributed by atoms with Gasteiger partial charge in [-0.05, 0) is 6.42 Å². The SMILES string of the molecule is CC1CCC=[N+](C)C1(C)C. The smallest absolute Gasteiger partial charge is 0.158 e. The molecule has 58 valence electrons. The van der Waals surface area contributed by atoms with Gasteiger partial charge in [-0.2, -0.15) is 0 Å². The lowest BCUT2D eigenvalue weighted by molar-refractivity contribution is -0.586. The average molecular weight is 140 g/mol. The number of rotatable bonds is 0. The molecule has 0 spiro atoms. The second kappa shape index (κ2) is 2.37. The van der Waals surface area contributed by atoms with Crippen molar-refractivity contribution in [2.45, 2.75) is 39.2 Å². The molecule has 10 heavy (non-hydrogen) atoms. The molecule has 0 aromatic heterocycles. The van der Waals surface area contributed by atoms with E-state index in [0.29, 0.717) is 5.54 Å². The highest BCUT2D eigenvalue weighted by molar-refractivity contribution is 5.52. The molecule has 0 bridgehead atoms. The molecule has 1 heteroatoms. The molecular formula is C9H18N+. The Kier molecular flexibility index (Phi) is 1.84. The third-order valence-corrected chi connectivity index (χ3v) is 3.12. The first-order valence-corrected chi connectivity index (χ1v) is 4.11. The highest BCUT2D eigenvalue weighted by Crippen LogP contribution is 2.26. The van der Waals surface area contributed by atoms with E-state index in [2.05, 4.69) is 38.6 Å². The van der Waals surface area contributed by atoms with Crippen LogP contribution in [-0.2, 0) is 0 Å². The van der Waals surface area contributed by atoms with Crippen LogP contribution < -0.4 is 0 Å². The zero-order chi connectivity index (χ0) is 7.78. The molecule has 0 aromatic rings.